The predicted molar refractivity (Wildman–Crippen MR) is 119 cm³/mol. The Morgan fingerprint density at radius 2 is 1.84 bits per heavy atom. The summed E-state index contributed by atoms with van der Waals surface area (Å²) in [6.07, 6.45) is 0.152. The fourth-order valence-electron chi connectivity index (χ4n) is 3.80. The van der Waals surface area contributed by atoms with Crippen molar-refractivity contribution in [3.8, 4) is 17.1 Å². The highest BCUT2D eigenvalue weighted by Crippen LogP contribution is 2.26. The van der Waals surface area contributed by atoms with Crippen molar-refractivity contribution < 1.29 is 14.3 Å². The second kappa shape index (κ2) is 9.09. The molecule has 0 aliphatic carbocycles. The van der Waals surface area contributed by atoms with Gasteiger partial charge in [-0.3, -0.25) is 14.2 Å². The van der Waals surface area contributed by atoms with Gasteiger partial charge in [-0.05, 0) is 24.3 Å². The molecule has 9 nitrogen and oxygen atoms in total. The van der Waals surface area contributed by atoms with Gasteiger partial charge in [-0.2, -0.15) is 0 Å². The maximum atomic E-state index is 12.6. The molecule has 2 aromatic carbocycles. The van der Waals surface area contributed by atoms with Crippen molar-refractivity contribution >= 4 is 17.5 Å². The molecule has 1 unspecified atom stereocenters. The number of benzene rings is 2. The number of nitrogens with zero attached hydrogens (tertiary/aromatic N) is 4. The van der Waals surface area contributed by atoms with Crippen molar-refractivity contribution in [3.05, 3.63) is 65.1 Å². The highest BCUT2D eigenvalue weighted by molar-refractivity contribution is 6.00. The van der Waals surface area contributed by atoms with Gasteiger partial charge in [-0.15, -0.1) is 5.10 Å². The molecule has 9 heteroatoms. The zero-order chi connectivity index (χ0) is 22.7. The van der Waals surface area contributed by atoms with E-state index in [0.717, 1.165) is 11.3 Å². The predicted octanol–water partition coefficient (Wildman–Crippen LogP) is 1.43. The summed E-state index contributed by atoms with van der Waals surface area (Å²) in [7, 11) is 3.25. The Morgan fingerprint density at radius 3 is 2.53 bits per heavy atom. The van der Waals surface area contributed by atoms with E-state index in [4.69, 9.17) is 4.74 Å². The molecule has 1 saturated heterocycles. The van der Waals surface area contributed by atoms with Crippen LogP contribution in [0.4, 0.5) is 5.69 Å². The van der Waals surface area contributed by atoms with E-state index >= 15 is 0 Å². The number of carbonyl (C=O) groups excluding carboxylic acids is 2. The third-order valence-electron chi connectivity index (χ3n) is 5.58. The lowest BCUT2D eigenvalue weighted by Crippen LogP contribution is -2.36. The molecule has 1 aliphatic rings. The molecule has 2 heterocycles. The summed E-state index contributed by atoms with van der Waals surface area (Å²) in [4.78, 5) is 39.1. The first-order valence-electron chi connectivity index (χ1n) is 10.4. The first-order valence-corrected chi connectivity index (χ1v) is 10.4. The van der Waals surface area contributed by atoms with E-state index < -0.39 is 5.92 Å². The van der Waals surface area contributed by atoms with E-state index in [1.807, 2.05) is 30.3 Å². The lowest BCUT2D eigenvalue weighted by molar-refractivity contribution is -0.126. The smallest absolute Gasteiger partial charge is 0.345 e. The molecule has 0 saturated carbocycles. The molecule has 0 bridgehead atoms. The van der Waals surface area contributed by atoms with E-state index in [9.17, 15) is 14.4 Å². The Kier molecular flexibility index (Phi) is 6.07. The first kappa shape index (κ1) is 21.4. The summed E-state index contributed by atoms with van der Waals surface area (Å²) < 4.78 is 7.97. The van der Waals surface area contributed by atoms with Gasteiger partial charge in [0.1, 0.15) is 5.75 Å². The van der Waals surface area contributed by atoms with Crippen LogP contribution in [-0.4, -0.2) is 46.4 Å². The van der Waals surface area contributed by atoms with Crippen molar-refractivity contribution in [3.63, 3.8) is 0 Å². The highest BCUT2D eigenvalue weighted by atomic mass is 16.5. The number of carbonyl (C=O) groups is 2. The van der Waals surface area contributed by atoms with Crippen LogP contribution in [0.15, 0.2) is 59.4 Å². The molecule has 1 atom stereocenters. The monoisotopic (exact) mass is 435 g/mol. The SMILES string of the molecule is COc1ccc(N2CC(C(=O)NCCn3nc(-c4ccccc4)n(C)c3=O)CC2=O)cc1. The number of anilines is 1. The van der Waals surface area contributed by atoms with E-state index in [1.54, 1.807) is 43.3 Å². The average Bonchev–Trinajstić information content (AvgIpc) is 3.35. The topological polar surface area (TPSA) is 98.5 Å². The van der Waals surface area contributed by atoms with Crippen LogP contribution in [0.1, 0.15) is 6.42 Å². The molecule has 1 aliphatic heterocycles. The molecule has 32 heavy (non-hydrogen) atoms. The van der Waals surface area contributed by atoms with Crippen LogP contribution in [0.3, 0.4) is 0 Å². The van der Waals surface area contributed by atoms with Gasteiger partial charge in [0.25, 0.3) is 0 Å². The standard InChI is InChI=1S/C23H25N5O4/c1-26-21(16-6-4-3-5-7-16)25-28(23(26)31)13-12-24-22(30)17-14-20(29)27(15-17)18-8-10-19(32-2)11-9-18/h3-11,17H,12-15H2,1-2H3,(H,24,30). The van der Waals surface area contributed by atoms with Gasteiger partial charge in [0.15, 0.2) is 5.82 Å². The largest absolute Gasteiger partial charge is 0.497 e. The summed E-state index contributed by atoms with van der Waals surface area (Å²) in [6.45, 7) is 0.810. The van der Waals surface area contributed by atoms with Crippen LogP contribution in [0, 0.1) is 5.92 Å². The second-order valence-corrected chi connectivity index (χ2v) is 7.65. The molecule has 4 rings (SSSR count). The minimum Gasteiger partial charge on any atom is -0.497 e. The van der Waals surface area contributed by atoms with E-state index in [2.05, 4.69) is 10.4 Å². The van der Waals surface area contributed by atoms with Crippen LogP contribution < -0.4 is 20.6 Å². The van der Waals surface area contributed by atoms with Crippen molar-refractivity contribution in [2.45, 2.75) is 13.0 Å². The lowest BCUT2D eigenvalue weighted by Gasteiger charge is -2.17. The van der Waals surface area contributed by atoms with E-state index in [-0.39, 0.29) is 37.0 Å². The lowest BCUT2D eigenvalue weighted by atomic mass is 10.1. The fourth-order valence-corrected chi connectivity index (χ4v) is 3.80. The van der Waals surface area contributed by atoms with Gasteiger partial charge in [-0.25, -0.2) is 9.48 Å². The van der Waals surface area contributed by atoms with Crippen molar-refractivity contribution in [2.24, 2.45) is 13.0 Å². The minimum atomic E-state index is -0.440. The Bertz CT molecular complexity index is 1170. The zero-order valence-corrected chi connectivity index (χ0v) is 18.0. The molecule has 2 amide bonds. The number of aromatic nitrogens is 3. The fraction of sp³-hybridized carbons (Fsp3) is 0.304. The number of ether oxygens (including phenoxy) is 1. The van der Waals surface area contributed by atoms with Gasteiger partial charge in [0.2, 0.25) is 11.8 Å². The second-order valence-electron chi connectivity index (χ2n) is 7.65. The van der Waals surface area contributed by atoms with Gasteiger partial charge in [0.05, 0.1) is 19.6 Å². The Balaban J connectivity index is 1.34. The van der Waals surface area contributed by atoms with Crippen molar-refractivity contribution in [1.29, 1.82) is 0 Å². The maximum Gasteiger partial charge on any atom is 0.345 e. The number of nitrogens with one attached hydrogen (secondary N) is 1. The molecular formula is C23H25N5O4. The molecule has 166 valence electrons. The highest BCUT2D eigenvalue weighted by Gasteiger charge is 2.35. The summed E-state index contributed by atoms with van der Waals surface area (Å²) >= 11 is 0. The van der Waals surface area contributed by atoms with Gasteiger partial charge in [-0.1, -0.05) is 30.3 Å². The van der Waals surface area contributed by atoms with Crippen molar-refractivity contribution in [2.75, 3.05) is 25.1 Å². The third-order valence-corrected chi connectivity index (χ3v) is 5.58. The quantitative estimate of drug-likeness (QED) is 0.605. The van der Waals surface area contributed by atoms with Crippen molar-refractivity contribution in [1.82, 2.24) is 19.7 Å². The summed E-state index contributed by atoms with van der Waals surface area (Å²) in [5, 5.41) is 7.23. The number of amides is 2. The molecule has 1 N–H and O–H groups in total. The van der Waals surface area contributed by atoms with Gasteiger partial charge in [0, 0.05) is 37.8 Å². The summed E-state index contributed by atoms with van der Waals surface area (Å²) in [5.74, 6) is 0.531. The minimum absolute atomic E-state index is 0.0937. The Labute approximate surface area is 185 Å². The van der Waals surface area contributed by atoms with E-state index in [1.165, 1.54) is 9.25 Å². The average molecular weight is 435 g/mol. The number of hydrogen-bond donors (Lipinski definition) is 1. The number of methoxy groups -OCH3 is 1. The van der Waals surface area contributed by atoms with Gasteiger partial charge >= 0.3 is 5.69 Å². The Hall–Kier alpha value is -3.88. The van der Waals surface area contributed by atoms with Gasteiger partial charge < -0.3 is 15.0 Å². The van der Waals surface area contributed by atoms with Crippen LogP contribution >= 0.6 is 0 Å². The first-order chi connectivity index (χ1) is 15.5. The molecule has 1 fully saturated rings. The molecule has 0 radical (unpaired) electrons. The molecule has 1 aromatic heterocycles. The maximum absolute atomic E-state index is 12.6. The summed E-state index contributed by atoms with van der Waals surface area (Å²) in [6, 6.07) is 16.6. The molecule has 3 aromatic rings. The van der Waals surface area contributed by atoms with Crippen LogP contribution in [0.2, 0.25) is 0 Å². The molecule has 0 spiro atoms. The Morgan fingerprint density at radius 1 is 1.12 bits per heavy atom. The van der Waals surface area contributed by atoms with Crippen LogP contribution in [0.25, 0.3) is 11.4 Å². The zero-order valence-electron chi connectivity index (χ0n) is 18.0. The number of hydrogen-bond acceptors (Lipinski definition) is 5. The summed E-state index contributed by atoms with van der Waals surface area (Å²) in [5.41, 5.74) is 1.33. The molecular weight excluding hydrogens is 410 g/mol. The van der Waals surface area contributed by atoms with E-state index in [0.29, 0.717) is 18.1 Å². The normalized spacial score (nSPS) is 15.8. The number of rotatable bonds is 7. The van der Waals surface area contributed by atoms with Crippen LogP contribution in [0.5, 0.6) is 5.75 Å². The third kappa shape index (κ3) is 4.27. The van der Waals surface area contributed by atoms with Crippen LogP contribution in [-0.2, 0) is 23.2 Å².